The van der Waals surface area contributed by atoms with E-state index in [-0.39, 0.29) is 0 Å². The molecule has 2 unspecified atom stereocenters. The average Bonchev–Trinajstić information content (AvgIpc) is 3.09. The van der Waals surface area contributed by atoms with Gasteiger partial charge in [-0.2, -0.15) is 5.26 Å². The Labute approximate surface area is 197 Å². The Morgan fingerprint density at radius 2 is 2.09 bits per heavy atom. The fourth-order valence-electron chi connectivity index (χ4n) is 5.33. The summed E-state index contributed by atoms with van der Waals surface area (Å²) in [6, 6.07) is 5.38. The molecule has 1 saturated carbocycles. The number of hydrogen-bond donors (Lipinski definition) is 0. The van der Waals surface area contributed by atoms with Gasteiger partial charge in [0.25, 0.3) is 0 Å². The minimum Gasteiger partial charge on any atom is -0.361 e. The molecule has 5 rings (SSSR count). The van der Waals surface area contributed by atoms with Gasteiger partial charge < -0.3 is 18.8 Å². The number of hydrogen-bond acceptors (Lipinski definition) is 5. The van der Waals surface area contributed by atoms with Crippen LogP contribution in [0.25, 0.3) is 22.2 Å². The van der Waals surface area contributed by atoms with Gasteiger partial charge in [-0.3, -0.25) is 0 Å². The Hall–Kier alpha value is -2.63. The lowest BCUT2D eigenvalue weighted by Crippen LogP contribution is -2.25. The van der Waals surface area contributed by atoms with Gasteiger partial charge in [0, 0.05) is 58.3 Å². The highest BCUT2D eigenvalue weighted by Gasteiger charge is 2.58. The molecule has 4 heterocycles. The summed E-state index contributed by atoms with van der Waals surface area (Å²) in [6.07, 6.45) is 8.41. The smallest absolute Gasteiger partial charge is 0.148 e. The van der Waals surface area contributed by atoms with E-state index in [1.54, 1.807) is 6.33 Å². The van der Waals surface area contributed by atoms with Crippen LogP contribution in [0.15, 0.2) is 24.8 Å². The summed E-state index contributed by atoms with van der Waals surface area (Å²) in [5.41, 5.74) is 4.10. The number of aromatic nitrogens is 4. The summed E-state index contributed by atoms with van der Waals surface area (Å²) in [4.78, 5) is 11.9. The van der Waals surface area contributed by atoms with Gasteiger partial charge >= 0.3 is 0 Å². The van der Waals surface area contributed by atoms with Crippen molar-refractivity contribution in [3.05, 3.63) is 30.5 Å². The molecular formula is C25H34N6OSi. The third-order valence-corrected chi connectivity index (χ3v) is 9.30. The van der Waals surface area contributed by atoms with E-state index in [9.17, 15) is 5.26 Å². The fraction of sp³-hybridized carbons (Fsp3) is 0.560. The molecule has 1 saturated heterocycles. The van der Waals surface area contributed by atoms with Crippen molar-refractivity contribution in [3.8, 4) is 17.2 Å². The molecule has 2 aliphatic rings. The Kier molecular flexibility index (Phi) is 5.37. The van der Waals surface area contributed by atoms with Gasteiger partial charge in [0.1, 0.15) is 36.3 Å². The molecule has 33 heavy (non-hydrogen) atoms. The standard InChI is InChI=1S/C25H34N6OSi/c1-6-25-10-19(25)13-30(15-25)23-22-21(18-9-20(11-26)29(2)12-18)14-31(24(22)28-16-27-23)17-32-7-8-33(3,4)5/h9,12,14,16,19H,6-8,10,13,15,17H2,1-5H3. The molecule has 1 aliphatic heterocycles. The van der Waals surface area contributed by atoms with Crippen LogP contribution in [-0.2, 0) is 18.5 Å². The van der Waals surface area contributed by atoms with E-state index >= 15 is 0 Å². The second-order valence-corrected chi connectivity index (χ2v) is 16.7. The number of rotatable bonds is 8. The summed E-state index contributed by atoms with van der Waals surface area (Å²) >= 11 is 0. The first-order valence-corrected chi connectivity index (χ1v) is 15.7. The van der Waals surface area contributed by atoms with E-state index < -0.39 is 8.07 Å². The van der Waals surface area contributed by atoms with Gasteiger partial charge in [-0.1, -0.05) is 26.6 Å². The monoisotopic (exact) mass is 462 g/mol. The van der Waals surface area contributed by atoms with Crippen LogP contribution in [-0.4, -0.2) is 46.9 Å². The molecule has 0 radical (unpaired) electrons. The topological polar surface area (TPSA) is 71.9 Å². The van der Waals surface area contributed by atoms with Gasteiger partial charge in [-0.05, 0) is 36.3 Å². The van der Waals surface area contributed by atoms with Crippen molar-refractivity contribution in [2.45, 2.75) is 52.2 Å². The zero-order chi connectivity index (χ0) is 23.4. The van der Waals surface area contributed by atoms with Gasteiger partial charge in [0.15, 0.2) is 0 Å². The first kappa shape index (κ1) is 22.2. The molecule has 0 aromatic carbocycles. The minimum atomic E-state index is -1.14. The van der Waals surface area contributed by atoms with Crippen LogP contribution in [0.2, 0.25) is 25.7 Å². The number of anilines is 1. The molecular weight excluding hydrogens is 428 g/mol. The Morgan fingerprint density at radius 1 is 1.27 bits per heavy atom. The van der Waals surface area contributed by atoms with Crippen molar-refractivity contribution < 1.29 is 4.74 Å². The van der Waals surface area contributed by atoms with Crippen LogP contribution in [0.5, 0.6) is 0 Å². The quantitative estimate of drug-likeness (QED) is 0.353. The predicted octanol–water partition coefficient (Wildman–Crippen LogP) is 4.86. The van der Waals surface area contributed by atoms with Crippen molar-refractivity contribution in [2.24, 2.45) is 18.4 Å². The van der Waals surface area contributed by atoms with Crippen LogP contribution >= 0.6 is 0 Å². The van der Waals surface area contributed by atoms with Gasteiger partial charge in [0.05, 0.1) is 5.39 Å². The molecule has 0 N–H and O–H groups in total. The SMILES string of the molecule is CCC12CC1CN(c1ncnc3c1c(-c1cc(C#N)n(C)c1)cn3COCC[Si](C)(C)C)C2. The van der Waals surface area contributed by atoms with E-state index in [0.717, 1.165) is 59.6 Å². The fourth-order valence-corrected chi connectivity index (χ4v) is 6.09. The maximum absolute atomic E-state index is 9.50. The third-order valence-electron chi connectivity index (χ3n) is 7.60. The van der Waals surface area contributed by atoms with E-state index in [1.807, 2.05) is 23.9 Å². The van der Waals surface area contributed by atoms with Crippen LogP contribution in [0.4, 0.5) is 5.82 Å². The Balaban J connectivity index is 1.54. The van der Waals surface area contributed by atoms with E-state index in [0.29, 0.717) is 17.8 Å². The normalized spacial score (nSPS) is 22.1. The number of fused-ring (bicyclic) bond motifs is 2. The van der Waals surface area contributed by atoms with Crippen molar-refractivity contribution in [2.75, 3.05) is 24.6 Å². The molecule has 0 spiro atoms. The van der Waals surface area contributed by atoms with E-state index in [1.165, 1.54) is 12.8 Å². The highest BCUT2D eigenvalue weighted by Crippen LogP contribution is 2.60. The molecule has 3 aromatic rings. The molecule has 174 valence electrons. The maximum Gasteiger partial charge on any atom is 0.148 e. The van der Waals surface area contributed by atoms with Crippen LogP contribution < -0.4 is 4.90 Å². The van der Waals surface area contributed by atoms with Gasteiger partial charge in [0.2, 0.25) is 0 Å². The number of nitrogens with zero attached hydrogens (tertiary/aromatic N) is 6. The highest BCUT2D eigenvalue weighted by atomic mass is 28.3. The largest absolute Gasteiger partial charge is 0.361 e. The van der Waals surface area contributed by atoms with Gasteiger partial charge in [-0.25, -0.2) is 9.97 Å². The van der Waals surface area contributed by atoms with E-state index in [2.05, 4.69) is 53.3 Å². The van der Waals surface area contributed by atoms with E-state index in [4.69, 9.17) is 9.72 Å². The first-order valence-electron chi connectivity index (χ1n) is 12.0. The van der Waals surface area contributed by atoms with Gasteiger partial charge in [-0.15, -0.1) is 0 Å². The highest BCUT2D eigenvalue weighted by molar-refractivity contribution is 6.76. The molecule has 8 heteroatoms. The summed E-state index contributed by atoms with van der Waals surface area (Å²) in [5, 5.41) is 10.6. The summed E-state index contributed by atoms with van der Waals surface area (Å²) in [6.45, 7) is 12.8. The third kappa shape index (κ3) is 3.98. The van der Waals surface area contributed by atoms with Crippen molar-refractivity contribution in [3.63, 3.8) is 0 Å². The molecule has 1 aliphatic carbocycles. The van der Waals surface area contributed by atoms with Crippen LogP contribution in [0.3, 0.4) is 0 Å². The summed E-state index contributed by atoms with van der Waals surface area (Å²) in [5.74, 6) is 1.79. The Morgan fingerprint density at radius 3 is 2.76 bits per heavy atom. The zero-order valence-corrected chi connectivity index (χ0v) is 21.4. The van der Waals surface area contributed by atoms with Crippen molar-refractivity contribution in [1.29, 1.82) is 5.26 Å². The second kappa shape index (κ2) is 7.99. The number of aryl methyl sites for hydroxylation is 1. The first-order chi connectivity index (χ1) is 15.7. The molecule has 7 nitrogen and oxygen atoms in total. The lowest BCUT2D eigenvalue weighted by molar-refractivity contribution is 0.0899. The number of piperidine rings is 1. The van der Waals surface area contributed by atoms with Crippen LogP contribution in [0, 0.1) is 22.7 Å². The molecule has 0 amide bonds. The summed E-state index contributed by atoms with van der Waals surface area (Å²) < 4.78 is 10.1. The maximum atomic E-state index is 9.50. The van der Waals surface area contributed by atoms with Crippen molar-refractivity contribution in [1.82, 2.24) is 19.1 Å². The van der Waals surface area contributed by atoms with Crippen molar-refractivity contribution >= 4 is 24.9 Å². The lowest BCUT2D eigenvalue weighted by atomic mass is 10.0. The number of nitriles is 1. The molecule has 0 bridgehead atoms. The minimum absolute atomic E-state index is 0.469. The zero-order valence-electron chi connectivity index (χ0n) is 20.4. The molecule has 2 atom stereocenters. The molecule has 2 fully saturated rings. The lowest BCUT2D eigenvalue weighted by Gasteiger charge is -2.22. The predicted molar refractivity (Wildman–Crippen MR) is 134 cm³/mol. The second-order valence-electron chi connectivity index (χ2n) is 11.1. The number of ether oxygens (including phenoxy) is 1. The summed E-state index contributed by atoms with van der Waals surface area (Å²) in [7, 11) is 0.770. The Bertz CT molecular complexity index is 1230. The molecule has 3 aromatic heterocycles. The average molecular weight is 463 g/mol. The van der Waals surface area contributed by atoms with Crippen LogP contribution in [0.1, 0.15) is 25.5 Å².